The molecule has 1 heterocycles. The molecule has 0 N–H and O–H groups in total. The molecule has 98 valence electrons. The van der Waals surface area contributed by atoms with E-state index in [1.807, 2.05) is 61.5 Å². The third-order valence-corrected chi connectivity index (χ3v) is 3.46. The first kappa shape index (κ1) is 12.5. The van der Waals surface area contributed by atoms with Crippen LogP contribution in [0.5, 0.6) is 0 Å². The molecule has 0 unspecified atom stereocenters. The fourth-order valence-electron chi connectivity index (χ4n) is 2.32. The fourth-order valence-corrected chi connectivity index (χ4v) is 2.32. The first-order chi connectivity index (χ1) is 9.74. The molecule has 0 amide bonds. The van der Waals surface area contributed by atoms with Crippen molar-refractivity contribution in [1.82, 2.24) is 4.98 Å². The van der Waals surface area contributed by atoms with Crippen LogP contribution in [0.4, 0.5) is 0 Å². The van der Waals surface area contributed by atoms with Gasteiger partial charge in [-0.25, -0.2) is 0 Å². The van der Waals surface area contributed by atoms with Crippen LogP contribution in [0.15, 0.2) is 60.8 Å². The number of carbonyl (C=O) groups excluding carboxylic acids is 1. The zero-order valence-electron chi connectivity index (χ0n) is 11.3. The molecule has 0 atom stereocenters. The van der Waals surface area contributed by atoms with Crippen molar-refractivity contribution in [3.63, 3.8) is 0 Å². The molecule has 0 aliphatic heterocycles. The Morgan fingerprint density at radius 1 is 1.00 bits per heavy atom. The van der Waals surface area contributed by atoms with Gasteiger partial charge >= 0.3 is 0 Å². The number of carbonyl (C=O) groups is 1. The molecule has 1 aromatic heterocycles. The van der Waals surface area contributed by atoms with E-state index in [1.165, 1.54) is 0 Å². The van der Waals surface area contributed by atoms with Gasteiger partial charge in [0.05, 0.1) is 12.1 Å². The van der Waals surface area contributed by atoms with E-state index >= 15 is 0 Å². The summed E-state index contributed by atoms with van der Waals surface area (Å²) in [7, 11) is 0. The Hall–Kier alpha value is -2.48. The largest absolute Gasteiger partial charge is 0.294 e. The first-order valence-electron chi connectivity index (χ1n) is 6.66. The van der Waals surface area contributed by atoms with Gasteiger partial charge in [-0.15, -0.1) is 0 Å². The standard InChI is InChI=1S/C18H15NO/c1-13-6-8-15(9-7-13)18(20)12-17-16-5-3-2-4-14(16)10-11-19-17/h2-11H,12H2,1H3. The summed E-state index contributed by atoms with van der Waals surface area (Å²) in [6.45, 7) is 2.01. The summed E-state index contributed by atoms with van der Waals surface area (Å²) in [6.07, 6.45) is 2.10. The van der Waals surface area contributed by atoms with Crippen LogP contribution < -0.4 is 0 Å². The minimum Gasteiger partial charge on any atom is -0.294 e. The highest BCUT2D eigenvalue weighted by molar-refractivity contribution is 5.99. The Kier molecular flexibility index (Phi) is 3.30. The molecule has 2 nitrogen and oxygen atoms in total. The summed E-state index contributed by atoms with van der Waals surface area (Å²) in [4.78, 5) is 16.7. The van der Waals surface area contributed by atoms with Gasteiger partial charge < -0.3 is 0 Å². The van der Waals surface area contributed by atoms with E-state index in [2.05, 4.69) is 4.98 Å². The monoisotopic (exact) mass is 261 g/mol. The van der Waals surface area contributed by atoms with Crippen LogP contribution in [-0.2, 0) is 6.42 Å². The Balaban J connectivity index is 1.93. The molecule has 20 heavy (non-hydrogen) atoms. The first-order valence-corrected chi connectivity index (χ1v) is 6.66. The molecule has 0 aliphatic carbocycles. The maximum Gasteiger partial charge on any atom is 0.168 e. The van der Waals surface area contributed by atoms with Gasteiger partial charge in [0, 0.05) is 17.1 Å². The third-order valence-electron chi connectivity index (χ3n) is 3.46. The fraction of sp³-hybridized carbons (Fsp3) is 0.111. The molecule has 0 radical (unpaired) electrons. The molecule has 0 saturated heterocycles. The molecule has 2 aromatic carbocycles. The number of aromatic nitrogens is 1. The summed E-state index contributed by atoms with van der Waals surface area (Å²) in [6, 6.07) is 17.7. The van der Waals surface area contributed by atoms with Crippen molar-refractivity contribution in [2.24, 2.45) is 0 Å². The third kappa shape index (κ3) is 2.45. The highest BCUT2D eigenvalue weighted by atomic mass is 16.1. The van der Waals surface area contributed by atoms with Crippen LogP contribution in [0.1, 0.15) is 21.6 Å². The second kappa shape index (κ2) is 5.25. The maximum atomic E-state index is 12.3. The van der Waals surface area contributed by atoms with Crippen molar-refractivity contribution in [1.29, 1.82) is 0 Å². The second-order valence-electron chi connectivity index (χ2n) is 4.94. The van der Waals surface area contributed by atoms with E-state index in [9.17, 15) is 4.79 Å². The summed E-state index contributed by atoms with van der Waals surface area (Å²) in [5.41, 5.74) is 2.74. The van der Waals surface area contributed by atoms with Crippen LogP contribution in [0.2, 0.25) is 0 Å². The van der Waals surface area contributed by atoms with Crippen molar-refractivity contribution >= 4 is 16.6 Å². The summed E-state index contributed by atoms with van der Waals surface area (Å²) in [5.74, 6) is 0.105. The number of rotatable bonds is 3. The predicted octanol–water partition coefficient (Wildman–Crippen LogP) is 3.97. The van der Waals surface area contributed by atoms with Crippen molar-refractivity contribution in [2.45, 2.75) is 13.3 Å². The van der Waals surface area contributed by atoms with Gasteiger partial charge in [0.25, 0.3) is 0 Å². The lowest BCUT2D eigenvalue weighted by atomic mass is 10.0. The van der Waals surface area contributed by atoms with Crippen LogP contribution in [-0.4, -0.2) is 10.8 Å². The zero-order valence-corrected chi connectivity index (χ0v) is 11.3. The van der Waals surface area contributed by atoms with E-state index in [0.717, 1.165) is 27.6 Å². The molecular formula is C18H15NO. The smallest absolute Gasteiger partial charge is 0.168 e. The molecule has 0 aliphatic rings. The molecule has 0 fully saturated rings. The number of benzene rings is 2. The van der Waals surface area contributed by atoms with Crippen LogP contribution in [0.3, 0.4) is 0 Å². The van der Waals surface area contributed by atoms with Gasteiger partial charge in [-0.1, -0.05) is 54.1 Å². The number of hydrogen-bond donors (Lipinski definition) is 0. The maximum absolute atomic E-state index is 12.3. The molecule has 3 rings (SSSR count). The van der Waals surface area contributed by atoms with Crippen LogP contribution in [0, 0.1) is 6.92 Å². The van der Waals surface area contributed by atoms with E-state index in [-0.39, 0.29) is 5.78 Å². The van der Waals surface area contributed by atoms with Crippen molar-refractivity contribution in [2.75, 3.05) is 0 Å². The Morgan fingerprint density at radius 3 is 2.55 bits per heavy atom. The van der Waals surface area contributed by atoms with E-state index in [1.54, 1.807) is 6.20 Å². The van der Waals surface area contributed by atoms with E-state index < -0.39 is 0 Å². The van der Waals surface area contributed by atoms with Crippen molar-refractivity contribution in [3.8, 4) is 0 Å². The highest BCUT2D eigenvalue weighted by Crippen LogP contribution is 2.18. The highest BCUT2D eigenvalue weighted by Gasteiger charge is 2.10. The number of ketones is 1. The molecule has 0 saturated carbocycles. The van der Waals surface area contributed by atoms with Gasteiger partial charge in [0.1, 0.15) is 0 Å². The zero-order chi connectivity index (χ0) is 13.9. The van der Waals surface area contributed by atoms with Gasteiger partial charge in [-0.2, -0.15) is 0 Å². The average molecular weight is 261 g/mol. The molecule has 0 bridgehead atoms. The van der Waals surface area contributed by atoms with Crippen molar-refractivity contribution in [3.05, 3.63) is 77.6 Å². The summed E-state index contributed by atoms with van der Waals surface area (Å²) in [5, 5.41) is 2.17. The number of hydrogen-bond acceptors (Lipinski definition) is 2. The number of pyridine rings is 1. The number of Topliss-reactive ketones (excluding diaryl/α,β-unsaturated/α-hetero) is 1. The second-order valence-corrected chi connectivity index (χ2v) is 4.94. The lowest BCUT2D eigenvalue weighted by Gasteiger charge is -2.05. The minimum absolute atomic E-state index is 0.105. The summed E-state index contributed by atoms with van der Waals surface area (Å²) >= 11 is 0. The summed E-state index contributed by atoms with van der Waals surface area (Å²) < 4.78 is 0. The Labute approximate surface area is 118 Å². The van der Waals surface area contributed by atoms with Gasteiger partial charge in [0.15, 0.2) is 5.78 Å². The quantitative estimate of drug-likeness (QED) is 0.668. The molecule has 3 aromatic rings. The SMILES string of the molecule is Cc1ccc(C(=O)Cc2nccc3ccccc23)cc1. The normalized spacial score (nSPS) is 10.7. The van der Waals surface area contributed by atoms with Gasteiger partial charge in [-0.3, -0.25) is 9.78 Å². The predicted molar refractivity (Wildman–Crippen MR) is 81.0 cm³/mol. The number of nitrogens with zero attached hydrogens (tertiary/aromatic N) is 1. The lowest BCUT2D eigenvalue weighted by molar-refractivity contribution is 0.0992. The van der Waals surface area contributed by atoms with E-state index in [0.29, 0.717) is 6.42 Å². The van der Waals surface area contributed by atoms with Crippen molar-refractivity contribution < 1.29 is 4.79 Å². The lowest BCUT2D eigenvalue weighted by Crippen LogP contribution is -2.05. The van der Waals surface area contributed by atoms with Crippen LogP contribution in [0.25, 0.3) is 10.8 Å². The molecular weight excluding hydrogens is 246 g/mol. The Morgan fingerprint density at radius 2 is 1.75 bits per heavy atom. The van der Waals surface area contributed by atoms with Gasteiger partial charge in [0.2, 0.25) is 0 Å². The van der Waals surface area contributed by atoms with E-state index in [4.69, 9.17) is 0 Å². The number of aryl methyl sites for hydroxylation is 1. The topological polar surface area (TPSA) is 30.0 Å². The minimum atomic E-state index is 0.105. The van der Waals surface area contributed by atoms with Gasteiger partial charge in [-0.05, 0) is 18.4 Å². The molecule has 0 spiro atoms. The Bertz CT molecular complexity index is 754. The number of fused-ring (bicyclic) bond motifs is 1. The molecule has 2 heteroatoms. The average Bonchev–Trinajstić information content (AvgIpc) is 2.48. The van der Waals surface area contributed by atoms with Crippen LogP contribution >= 0.6 is 0 Å².